The maximum atomic E-state index is 13.5. The lowest BCUT2D eigenvalue weighted by Gasteiger charge is -2.07. The van der Waals surface area contributed by atoms with Crippen LogP contribution in [0.2, 0.25) is 0 Å². The third-order valence-corrected chi connectivity index (χ3v) is 2.36. The number of nitrogens with zero attached hydrogens (tertiary/aromatic N) is 1. The highest BCUT2D eigenvalue weighted by Gasteiger charge is 2.25. The van der Waals surface area contributed by atoms with Crippen LogP contribution in [0.15, 0.2) is 4.52 Å². The predicted octanol–water partition coefficient (Wildman–Crippen LogP) is 2.24. The van der Waals surface area contributed by atoms with E-state index in [9.17, 15) is 9.18 Å². The molecule has 0 aliphatic rings. The van der Waals surface area contributed by atoms with Crippen LogP contribution in [0, 0.1) is 5.92 Å². The molecule has 1 rings (SSSR count). The highest BCUT2D eigenvalue weighted by molar-refractivity contribution is 5.93. The largest absolute Gasteiger partial charge is 0.377 e. The van der Waals surface area contributed by atoms with Crippen LogP contribution in [0.3, 0.4) is 0 Å². The molecule has 0 spiro atoms. The Labute approximate surface area is 106 Å². The van der Waals surface area contributed by atoms with Crippen LogP contribution < -0.4 is 5.32 Å². The first-order valence-electron chi connectivity index (χ1n) is 5.87. The molecular formula is C12H19FN2O3. The van der Waals surface area contributed by atoms with Crippen molar-refractivity contribution in [3.8, 4) is 0 Å². The number of aromatic nitrogens is 1. The van der Waals surface area contributed by atoms with Gasteiger partial charge in [0.1, 0.15) is 12.8 Å². The molecule has 0 aromatic carbocycles. The molecule has 0 radical (unpaired) electrons. The first-order valence-corrected chi connectivity index (χ1v) is 5.87. The fourth-order valence-electron chi connectivity index (χ4n) is 1.52. The zero-order valence-electron chi connectivity index (χ0n) is 11.1. The number of amides is 1. The number of halogens is 1. The van der Waals surface area contributed by atoms with Crippen LogP contribution in [-0.2, 0) is 11.3 Å². The maximum absolute atomic E-state index is 13.5. The van der Waals surface area contributed by atoms with Crippen molar-refractivity contribution in [3.05, 3.63) is 17.0 Å². The van der Waals surface area contributed by atoms with E-state index in [2.05, 4.69) is 10.5 Å². The van der Waals surface area contributed by atoms with E-state index >= 15 is 0 Å². The maximum Gasteiger partial charge on any atom is 0.273 e. The Morgan fingerprint density at radius 2 is 2.17 bits per heavy atom. The average Bonchev–Trinajstić information content (AvgIpc) is 2.70. The van der Waals surface area contributed by atoms with Gasteiger partial charge in [-0.05, 0) is 12.8 Å². The van der Waals surface area contributed by atoms with Crippen molar-refractivity contribution >= 4 is 5.91 Å². The Hall–Kier alpha value is -1.43. The van der Waals surface area contributed by atoms with Gasteiger partial charge in [-0.3, -0.25) is 4.79 Å². The second kappa shape index (κ2) is 6.49. The monoisotopic (exact) mass is 258 g/mol. The van der Waals surface area contributed by atoms with Crippen LogP contribution in [0.4, 0.5) is 4.39 Å². The van der Waals surface area contributed by atoms with Crippen molar-refractivity contribution in [2.45, 2.75) is 33.5 Å². The molecule has 0 saturated heterocycles. The SMILES string of the molecule is COCc1onc(C(=O)NCC(C)C)c1C(C)F. The fourth-order valence-corrected chi connectivity index (χ4v) is 1.52. The summed E-state index contributed by atoms with van der Waals surface area (Å²) in [5.41, 5.74) is 0.163. The first-order chi connectivity index (χ1) is 8.47. The number of rotatable bonds is 6. The second-order valence-electron chi connectivity index (χ2n) is 4.52. The molecule has 102 valence electrons. The average molecular weight is 258 g/mol. The quantitative estimate of drug-likeness (QED) is 0.849. The summed E-state index contributed by atoms with van der Waals surface area (Å²) < 4.78 is 23.4. The predicted molar refractivity (Wildman–Crippen MR) is 63.9 cm³/mol. The number of carbonyl (C=O) groups excluding carboxylic acids is 1. The zero-order chi connectivity index (χ0) is 13.7. The van der Waals surface area contributed by atoms with E-state index in [0.29, 0.717) is 12.5 Å². The van der Waals surface area contributed by atoms with Gasteiger partial charge in [0.25, 0.3) is 5.91 Å². The molecule has 1 unspecified atom stereocenters. The minimum absolute atomic E-state index is 0.00213. The fraction of sp³-hybridized carbons (Fsp3) is 0.667. The van der Waals surface area contributed by atoms with Gasteiger partial charge in [-0.2, -0.15) is 0 Å². The van der Waals surface area contributed by atoms with Crippen molar-refractivity contribution < 1.29 is 18.4 Å². The van der Waals surface area contributed by atoms with Gasteiger partial charge in [-0.1, -0.05) is 19.0 Å². The van der Waals surface area contributed by atoms with E-state index < -0.39 is 12.1 Å². The minimum Gasteiger partial charge on any atom is -0.377 e. The molecule has 5 nitrogen and oxygen atoms in total. The third kappa shape index (κ3) is 3.53. The standard InChI is InChI=1S/C12H19FN2O3/c1-7(2)5-14-12(16)11-10(8(3)13)9(6-17-4)18-15-11/h7-8H,5-6H2,1-4H3,(H,14,16). The Kier molecular flexibility index (Phi) is 5.27. The van der Waals surface area contributed by atoms with Crippen LogP contribution in [-0.4, -0.2) is 24.7 Å². The second-order valence-corrected chi connectivity index (χ2v) is 4.52. The summed E-state index contributed by atoms with van der Waals surface area (Å²) in [4.78, 5) is 11.9. The van der Waals surface area contributed by atoms with Crippen LogP contribution >= 0.6 is 0 Å². The molecule has 18 heavy (non-hydrogen) atoms. The summed E-state index contributed by atoms with van der Waals surface area (Å²) in [5.74, 6) is 0.141. The molecule has 0 saturated carbocycles. The lowest BCUT2D eigenvalue weighted by molar-refractivity contribution is 0.0937. The van der Waals surface area contributed by atoms with E-state index in [1.807, 2.05) is 13.8 Å². The van der Waals surface area contributed by atoms with Crippen molar-refractivity contribution in [1.82, 2.24) is 10.5 Å². The molecule has 0 bridgehead atoms. The number of nitrogens with one attached hydrogen (secondary N) is 1. The smallest absolute Gasteiger partial charge is 0.273 e. The lowest BCUT2D eigenvalue weighted by Crippen LogP contribution is -2.28. The minimum atomic E-state index is -1.33. The topological polar surface area (TPSA) is 64.4 Å². The van der Waals surface area contributed by atoms with Gasteiger partial charge in [-0.15, -0.1) is 0 Å². The Balaban J connectivity index is 2.90. The molecule has 1 atom stereocenters. The number of carbonyl (C=O) groups is 1. The number of ether oxygens (including phenoxy) is 1. The van der Waals surface area contributed by atoms with Gasteiger partial charge in [-0.25, -0.2) is 4.39 Å². The Morgan fingerprint density at radius 1 is 1.50 bits per heavy atom. The normalized spacial score (nSPS) is 12.8. The molecule has 6 heteroatoms. The zero-order valence-corrected chi connectivity index (χ0v) is 11.1. The lowest BCUT2D eigenvalue weighted by atomic mass is 10.1. The first kappa shape index (κ1) is 14.6. The molecule has 1 aromatic rings. The van der Waals surface area contributed by atoms with E-state index in [1.165, 1.54) is 14.0 Å². The number of hydrogen-bond acceptors (Lipinski definition) is 4. The summed E-state index contributed by atoms with van der Waals surface area (Å²) in [5, 5.41) is 6.31. The molecule has 1 amide bonds. The molecule has 0 aliphatic heterocycles. The van der Waals surface area contributed by atoms with Crippen molar-refractivity contribution in [2.75, 3.05) is 13.7 Å². The van der Waals surface area contributed by atoms with Gasteiger partial charge >= 0.3 is 0 Å². The van der Waals surface area contributed by atoms with Gasteiger partial charge in [0, 0.05) is 13.7 Å². The van der Waals surface area contributed by atoms with Crippen LogP contribution in [0.1, 0.15) is 48.8 Å². The summed E-state index contributed by atoms with van der Waals surface area (Å²) in [6, 6.07) is 0. The van der Waals surface area contributed by atoms with Gasteiger partial charge in [0.15, 0.2) is 11.5 Å². The number of alkyl halides is 1. The summed E-state index contributed by atoms with van der Waals surface area (Å²) in [6.45, 7) is 5.88. The highest BCUT2D eigenvalue weighted by atomic mass is 19.1. The van der Waals surface area contributed by atoms with Gasteiger partial charge in [0.05, 0.1) is 5.56 Å². The van der Waals surface area contributed by atoms with E-state index in [1.54, 1.807) is 0 Å². The van der Waals surface area contributed by atoms with Crippen LogP contribution in [0.5, 0.6) is 0 Å². The van der Waals surface area contributed by atoms with E-state index in [-0.39, 0.29) is 23.6 Å². The summed E-state index contributed by atoms with van der Waals surface area (Å²) in [7, 11) is 1.47. The molecule has 0 fully saturated rings. The summed E-state index contributed by atoms with van der Waals surface area (Å²) >= 11 is 0. The number of hydrogen-bond donors (Lipinski definition) is 1. The molecule has 0 aliphatic carbocycles. The van der Waals surface area contributed by atoms with Crippen LogP contribution in [0.25, 0.3) is 0 Å². The molecular weight excluding hydrogens is 239 g/mol. The number of methoxy groups -OCH3 is 1. The Morgan fingerprint density at radius 3 is 2.67 bits per heavy atom. The third-order valence-electron chi connectivity index (χ3n) is 2.36. The molecule has 1 N–H and O–H groups in total. The van der Waals surface area contributed by atoms with Crippen molar-refractivity contribution in [1.29, 1.82) is 0 Å². The van der Waals surface area contributed by atoms with E-state index in [4.69, 9.17) is 9.26 Å². The highest BCUT2D eigenvalue weighted by Crippen LogP contribution is 2.25. The van der Waals surface area contributed by atoms with Gasteiger partial charge < -0.3 is 14.6 Å². The van der Waals surface area contributed by atoms with Crippen molar-refractivity contribution in [2.24, 2.45) is 5.92 Å². The molecule has 1 aromatic heterocycles. The molecule has 1 heterocycles. The van der Waals surface area contributed by atoms with Gasteiger partial charge in [0.2, 0.25) is 0 Å². The summed E-state index contributed by atoms with van der Waals surface area (Å²) in [6.07, 6.45) is -1.33. The van der Waals surface area contributed by atoms with Crippen molar-refractivity contribution in [3.63, 3.8) is 0 Å². The van der Waals surface area contributed by atoms with E-state index in [0.717, 1.165) is 0 Å². The Bertz CT molecular complexity index is 402.